The summed E-state index contributed by atoms with van der Waals surface area (Å²) < 4.78 is 5.87. The molecule has 0 aromatic carbocycles. The molecule has 2 aromatic rings. The molecule has 0 radical (unpaired) electrons. The minimum absolute atomic E-state index is 0.167. The van der Waals surface area contributed by atoms with E-state index < -0.39 is 5.97 Å². The van der Waals surface area contributed by atoms with E-state index in [0.29, 0.717) is 18.6 Å². The van der Waals surface area contributed by atoms with E-state index in [0.717, 1.165) is 41.2 Å². The van der Waals surface area contributed by atoms with Crippen LogP contribution in [0.3, 0.4) is 0 Å². The van der Waals surface area contributed by atoms with Crippen LogP contribution in [-0.4, -0.2) is 46.1 Å². The van der Waals surface area contributed by atoms with Crippen molar-refractivity contribution in [3.63, 3.8) is 0 Å². The number of rotatable bonds is 10. The number of carbonyl (C=O) groups is 1. The van der Waals surface area contributed by atoms with Crippen molar-refractivity contribution in [2.45, 2.75) is 54.4 Å². The maximum Gasteiger partial charge on any atom is 0.317 e. The minimum atomic E-state index is -0.722. The molecule has 0 atom stereocenters. The van der Waals surface area contributed by atoms with E-state index in [2.05, 4.69) is 15.2 Å². The number of aromatic nitrogens is 1. The Morgan fingerprint density at radius 1 is 1.30 bits per heavy atom. The molecule has 0 unspecified atom stereocenters. The molecule has 0 saturated heterocycles. The molecule has 2 aromatic heterocycles. The highest BCUT2D eigenvalue weighted by Crippen LogP contribution is 2.34. The number of nitrogens with zero attached hydrogens (tertiary/aromatic N) is 2. The lowest BCUT2D eigenvalue weighted by atomic mass is 9.85. The van der Waals surface area contributed by atoms with Crippen molar-refractivity contribution < 1.29 is 14.3 Å². The number of nitrogens with one attached hydrogen (secondary N) is 1. The number of pyridine rings is 1. The molecule has 4 rings (SSSR count). The van der Waals surface area contributed by atoms with Crippen molar-refractivity contribution in [1.29, 1.82) is 0 Å². The van der Waals surface area contributed by atoms with Crippen molar-refractivity contribution in [3.8, 4) is 0 Å². The zero-order valence-electron chi connectivity index (χ0n) is 15.2. The minimum Gasteiger partial charge on any atom is -0.480 e. The third-order valence-corrected chi connectivity index (χ3v) is 6.07. The van der Waals surface area contributed by atoms with Gasteiger partial charge >= 0.3 is 5.97 Å². The predicted octanol–water partition coefficient (Wildman–Crippen LogP) is 3.24. The van der Waals surface area contributed by atoms with Crippen LogP contribution in [0.1, 0.15) is 31.4 Å². The fourth-order valence-electron chi connectivity index (χ4n) is 3.46. The van der Waals surface area contributed by atoms with Crippen molar-refractivity contribution in [3.05, 3.63) is 42.3 Å². The van der Waals surface area contributed by atoms with Crippen LogP contribution < -0.4 is 5.32 Å². The Morgan fingerprint density at radius 3 is 2.85 bits per heavy atom. The van der Waals surface area contributed by atoms with Crippen molar-refractivity contribution in [1.82, 2.24) is 15.2 Å². The van der Waals surface area contributed by atoms with Crippen LogP contribution >= 0.6 is 11.8 Å². The van der Waals surface area contributed by atoms with Crippen LogP contribution in [0.4, 0.5) is 0 Å². The molecule has 0 bridgehead atoms. The number of aliphatic carboxylic acids is 1. The van der Waals surface area contributed by atoms with Gasteiger partial charge in [-0.05, 0) is 67.6 Å². The van der Waals surface area contributed by atoms with E-state index in [1.165, 1.54) is 24.6 Å². The number of hydrogen-bond acceptors (Lipinski definition) is 6. The summed E-state index contributed by atoms with van der Waals surface area (Å²) in [6.45, 7) is 1.80. The maximum absolute atomic E-state index is 11.1. The van der Waals surface area contributed by atoms with Crippen LogP contribution in [0.2, 0.25) is 0 Å². The van der Waals surface area contributed by atoms with Crippen LogP contribution in [0.5, 0.6) is 0 Å². The third-order valence-electron chi connectivity index (χ3n) is 5.20. The van der Waals surface area contributed by atoms with Gasteiger partial charge in [0.25, 0.3) is 0 Å². The highest BCUT2D eigenvalue weighted by Gasteiger charge is 2.36. The van der Waals surface area contributed by atoms with Crippen molar-refractivity contribution in [2.75, 3.05) is 13.1 Å². The van der Waals surface area contributed by atoms with Crippen LogP contribution in [-0.2, 0) is 11.3 Å². The largest absolute Gasteiger partial charge is 0.480 e. The summed E-state index contributed by atoms with van der Waals surface area (Å²) >= 11 is 1.52. The molecule has 2 aliphatic carbocycles. The quantitative estimate of drug-likeness (QED) is 0.648. The molecule has 144 valence electrons. The molecule has 2 heterocycles. The molecule has 0 amide bonds. The van der Waals surface area contributed by atoms with Gasteiger partial charge in [0.05, 0.1) is 13.1 Å². The molecule has 2 saturated carbocycles. The molecule has 2 aliphatic rings. The summed E-state index contributed by atoms with van der Waals surface area (Å²) in [5, 5.41) is 14.4. The zero-order chi connectivity index (χ0) is 18.6. The van der Waals surface area contributed by atoms with Crippen molar-refractivity contribution >= 4 is 17.7 Å². The highest BCUT2D eigenvalue weighted by molar-refractivity contribution is 7.99. The fraction of sp³-hybridized carbons (Fsp3) is 0.500. The lowest BCUT2D eigenvalue weighted by Gasteiger charge is -2.42. The summed E-state index contributed by atoms with van der Waals surface area (Å²) in [7, 11) is 0. The smallest absolute Gasteiger partial charge is 0.317 e. The number of carboxylic acid groups (broad SMARTS) is 1. The summed E-state index contributed by atoms with van der Waals surface area (Å²) in [4.78, 5) is 17.6. The molecule has 0 aliphatic heterocycles. The predicted molar refractivity (Wildman–Crippen MR) is 103 cm³/mol. The van der Waals surface area contributed by atoms with Crippen LogP contribution in [0.25, 0.3) is 0 Å². The first-order chi connectivity index (χ1) is 13.2. The molecule has 0 spiro atoms. The summed E-state index contributed by atoms with van der Waals surface area (Å²) in [6, 6.07) is 10.6. The van der Waals surface area contributed by atoms with Gasteiger partial charge in [0.15, 0.2) is 5.09 Å². The zero-order valence-corrected chi connectivity index (χ0v) is 16.0. The van der Waals surface area contributed by atoms with E-state index >= 15 is 0 Å². The highest BCUT2D eigenvalue weighted by atomic mass is 32.2. The Labute approximate surface area is 163 Å². The topological polar surface area (TPSA) is 78.6 Å². The Morgan fingerprint density at radius 2 is 2.15 bits per heavy atom. The lowest BCUT2D eigenvalue weighted by Crippen LogP contribution is -2.54. The van der Waals surface area contributed by atoms with Gasteiger partial charge in [-0.2, -0.15) is 0 Å². The maximum atomic E-state index is 11.1. The Hall–Kier alpha value is -1.83. The van der Waals surface area contributed by atoms with E-state index in [-0.39, 0.29) is 6.54 Å². The average molecular weight is 388 g/mol. The van der Waals surface area contributed by atoms with E-state index in [4.69, 9.17) is 9.52 Å². The first kappa shape index (κ1) is 18.5. The monoisotopic (exact) mass is 387 g/mol. The van der Waals surface area contributed by atoms with Gasteiger partial charge in [0, 0.05) is 24.8 Å². The molecule has 7 heteroatoms. The molecular weight excluding hydrogens is 362 g/mol. The lowest BCUT2D eigenvalue weighted by molar-refractivity contribution is -0.139. The number of hydrogen-bond donors (Lipinski definition) is 2. The second-order valence-corrected chi connectivity index (χ2v) is 8.49. The van der Waals surface area contributed by atoms with Crippen LogP contribution in [0.15, 0.2) is 51.1 Å². The van der Waals surface area contributed by atoms with E-state index in [1.54, 1.807) is 6.20 Å². The second-order valence-electron chi connectivity index (χ2n) is 7.46. The second kappa shape index (κ2) is 8.46. The van der Waals surface area contributed by atoms with Gasteiger partial charge < -0.3 is 14.8 Å². The summed E-state index contributed by atoms with van der Waals surface area (Å²) in [6.07, 6.45) is 6.30. The van der Waals surface area contributed by atoms with E-state index in [9.17, 15) is 4.79 Å². The number of carboxylic acids is 1. The van der Waals surface area contributed by atoms with Gasteiger partial charge in [0.2, 0.25) is 0 Å². The Balaban J connectivity index is 1.21. The molecule has 6 nitrogen and oxygen atoms in total. The first-order valence-electron chi connectivity index (χ1n) is 9.52. The standard InChI is InChI=1S/C20H25N3O3S/c24-19(25)13-23(12-14-4-5-14)16-9-15(10-16)22-11-17-6-7-20(26-17)27-18-3-1-2-8-21-18/h1-3,6-8,14-16,22H,4-5,9-13H2,(H,24,25). The van der Waals surface area contributed by atoms with Gasteiger partial charge in [0.1, 0.15) is 10.8 Å². The Bertz CT molecular complexity index is 757. The molecule has 27 heavy (non-hydrogen) atoms. The summed E-state index contributed by atoms with van der Waals surface area (Å²) in [5.41, 5.74) is 0. The van der Waals surface area contributed by atoms with Gasteiger partial charge in [-0.15, -0.1) is 0 Å². The Kier molecular flexibility index (Phi) is 5.80. The van der Waals surface area contributed by atoms with E-state index in [1.807, 2.05) is 30.3 Å². The fourth-order valence-corrected chi connectivity index (χ4v) is 4.22. The third kappa shape index (κ3) is 5.34. The number of furan rings is 1. The van der Waals surface area contributed by atoms with Gasteiger partial charge in [-0.3, -0.25) is 9.69 Å². The van der Waals surface area contributed by atoms with Crippen LogP contribution in [0, 0.1) is 5.92 Å². The summed E-state index contributed by atoms with van der Waals surface area (Å²) in [5.74, 6) is 0.910. The molecule has 2 N–H and O–H groups in total. The first-order valence-corrected chi connectivity index (χ1v) is 10.3. The average Bonchev–Trinajstić information content (AvgIpc) is 3.31. The van der Waals surface area contributed by atoms with Crippen molar-refractivity contribution in [2.24, 2.45) is 5.92 Å². The van der Waals surface area contributed by atoms with Gasteiger partial charge in [-0.25, -0.2) is 4.98 Å². The normalized spacial score (nSPS) is 22.0. The SMILES string of the molecule is O=C(O)CN(CC1CC1)C1CC(NCc2ccc(Sc3ccccn3)o2)C1. The molecule has 2 fully saturated rings. The molecular formula is C20H25N3O3S. The van der Waals surface area contributed by atoms with Gasteiger partial charge in [-0.1, -0.05) is 6.07 Å².